The highest BCUT2D eigenvalue weighted by Gasteiger charge is 2.36. The van der Waals surface area contributed by atoms with Crippen LogP contribution in [0.2, 0.25) is 28.2 Å². The van der Waals surface area contributed by atoms with Crippen molar-refractivity contribution in [2.75, 3.05) is 26.1 Å². The molecule has 0 amide bonds. The van der Waals surface area contributed by atoms with Crippen LogP contribution in [0.15, 0.2) is 36.5 Å². The Balaban J connectivity index is 1.93. The number of ether oxygens (including phenoxy) is 2. The summed E-state index contributed by atoms with van der Waals surface area (Å²) in [6, 6.07) is 9.30. The molecule has 1 aromatic heterocycles. The quantitative estimate of drug-likeness (QED) is 0.209. The van der Waals surface area contributed by atoms with E-state index in [1.54, 1.807) is 25.4 Å². The third kappa shape index (κ3) is 6.57. The third-order valence-electron chi connectivity index (χ3n) is 6.69. The van der Waals surface area contributed by atoms with Crippen molar-refractivity contribution in [3.05, 3.63) is 57.7 Å². The summed E-state index contributed by atoms with van der Waals surface area (Å²) in [5.41, 5.74) is 3.07. The van der Waals surface area contributed by atoms with E-state index in [1.165, 1.54) is 7.11 Å². The zero-order chi connectivity index (χ0) is 27.4. The first-order chi connectivity index (χ1) is 17.4. The van der Waals surface area contributed by atoms with E-state index in [2.05, 4.69) is 56.3 Å². The molecule has 0 aliphatic heterocycles. The van der Waals surface area contributed by atoms with Crippen LogP contribution in [0, 0.1) is 11.3 Å². The van der Waals surface area contributed by atoms with Crippen LogP contribution < -0.4 is 14.8 Å². The summed E-state index contributed by atoms with van der Waals surface area (Å²) in [5.74, 6) is 1.13. The fourth-order valence-corrected chi connectivity index (χ4v) is 5.06. The number of rotatable bonds is 9. The number of methoxy groups -OCH3 is 2. The van der Waals surface area contributed by atoms with E-state index in [4.69, 9.17) is 37.1 Å². The Hall–Kier alpha value is -2.76. The van der Waals surface area contributed by atoms with E-state index < -0.39 is 8.32 Å². The van der Waals surface area contributed by atoms with Crippen molar-refractivity contribution in [2.45, 2.75) is 45.3 Å². The molecule has 1 N–H and O–H groups in total. The van der Waals surface area contributed by atoms with Gasteiger partial charge >= 0.3 is 0 Å². The van der Waals surface area contributed by atoms with Crippen LogP contribution >= 0.6 is 23.2 Å². The maximum atomic E-state index is 9.76. The predicted octanol–water partition coefficient (Wildman–Crippen LogP) is 8.60. The van der Waals surface area contributed by atoms with Gasteiger partial charge in [-0.25, -0.2) is 0 Å². The molecule has 9 heteroatoms. The minimum Gasteiger partial charge on any atom is -0.496 e. The smallest absolute Gasteiger partial charge is 0.191 e. The average molecular weight is 559 g/mol. The van der Waals surface area contributed by atoms with Crippen LogP contribution in [0.5, 0.6) is 11.5 Å². The number of nitriles is 1. The number of anilines is 2. The van der Waals surface area contributed by atoms with E-state index in [0.29, 0.717) is 50.6 Å². The topological polar surface area (TPSA) is 76.4 Å². The van der Waals surface area contributed by atoms with Gasteiger partial charge in [0.15, 0.2) is 8.32 Å². The summed E-state index contributed by atoms with van der Waals surface area (Å²) in [6.45, 7) is 11.9. The van der Waals surface area contributed by atoms with E-state index in [-0.39, 0.29) is 5.04 Å². The van der Waals surface area contributed by atoms with Gasteiger partial charge in [0, 0.05) is 29.8 Å². The number of pyridine rings is 1. The van der Waals surface area contributed by atoms with E-state index in [0.717, 1.165) is 17.4 Å². The number of hydrogen-bond donors (Lipinski definition) is 1. The SMILES string of the molecule is COc1cc(Nc2c(C#N)cnc3cc(C=CCCO[Si](C)(C)C(C)(C)C)c(OC)cc23)c(Cl)cc1Cl. The van der Waals surface area contributed by atoms with E-state index in [1.807, 2.05) is 18.2 Å². The van der Waals surface area contributed by atoms with Gasteiger partial charge in [0.2, 0.25) is 0 Å². The third-order valence-corrected chi connectivity index (χ3v) is 11.8. The Bertz CT molecular complexity index is 1360. The van der Waals surface area contributed by atoms with Crippen molar-refractivity contribution in [3.8, 4) is 17.6 Å². The molecule has 37 heavy (non-hydrogen) atoms. The van der Waals surface area contributed by atoms with Crippen LogP contribution in [-0.2, 0) is 4.43 Å². The maximum Gasteiger partial charge on any atom is 0.191 e. The number of benzene rings is 2. The molecule has 0 fully saturated rings. The molecule has 0 spiro atoms. The minimum absolute atomic E-state index is 0.180. The van der Waals surface area contributed by atoms with Crippen molar-refractivity contribution < 1.29 is 13.9 Å². The molecule has 0 aliphatic carbocycles. The van der Waals surface area contributed by atoms with Gasteiger partial charge < -0.3 is 19.2 Å². The van der Waals surface area contributed by atoms with Crippen LogP contribution in [0.4, 0.5) is 11.4 Å². The summed E-state index contributed by atoms with van der Waals surface area (Å²) in [4.78, 5) is 4.51. The monoisotopic (exact) mass is 557 g/mol. The molecule has 0 aliphatic rings. The van der Waals surface area contributed by atoms with Crippen molar-refractivity contribution >= 4 is 59.9 Å². The van der Waals surface area contributed by atoms with Crippen molar-refractivity contribution in [3.63, 3.8) is 0 Å². The van der Waals surface area contributed by atoms with Crippen molar-refractivity contribution in [1.29, 1.82) is 5.26 Å². The maximum absolute atomic E-state index is 9.76. The Kier molecular flexibility index (Phi) is 9.14. The van der Waals surface area contributed by atoms with Crippen LogP contribution in [0.25, 0.3) is 17.0 Å². The molecule has 0 atom stereocenters. The lowest BCUT2D eigenvalue weighted by Crippen LogP contribution is -2.40. The summed E-state index contributed by atoms with van der Waals surface area (Å²) < 4.78 is 17.3. The second-order valence-electron chi connectivity index (χ2n) is 10.2. The second kappa shape index (κ2) is 11.7. The Morgan fingerprint density at radius 3 is 2.38 bits per heavy atom. The molecule has 0 bridgehead atoms. The second-order valence-corrected chi connectivity index (χ2v) is 15.8. The molecule has 6 nitrogen and oxygen atoms in total. The predicted molar refractivity (Wildman–Crippen MR) is 156 cm³/mol. The number of aromatic nitrogens is 1. The number of fused-ring (bicyclic) bond motifs is 1. The molecule has 3 aromatic rings. The molecule has 0 radical (unpaired) electrons. The first-order valence-electron chi connectivity index (χ1n) is 11.9. The lowest BCUT2D eigenvalue weighted by atomic mass is 10.0. The summed E-state index contributed by atoms with van der Waals surface area (Å²) in [5, 5.41) is 14.7. The van der Waals surface area contributed by atoms with Crippen LogP contribution in [0.3, 0.4) is 0 Å². The van der Waals surface area contributed by atoms with Gasteiger partial charge in [-0.05, 0) is 42.8 Å². The zero-order valence-electron chi connectivity index (χ0n) is 22.3. The highest BCUT2D eigenvalue weighted by Crippen LogP contribution is 2.39. The van der Waals surface area contributed by atoms with Gasteiger partial charge in [-0.15, -0.1) is 0 Å². The Morgan fingerprint density at radius 2 is 1.76 bits per heavy atom. The van der Waals surface area contributed by atoms with Gasteiger partial charge in [-0.3, -0.25) is 4.98 Å². The van der Waals surface area contributed by atoms with Gasteiger partial charge in [-0.1, -0.05) is 56.1 Å². The van der Waals surface area contributed by atoms with Gasteiger partial charge in [0.25, 0.3) is 0 Å². The lowest BCUT2D eigenvalue weighted by molar-refractivity contribution is 0.294. The Labute approximate surface area is 230 Å². The van der Waals surface area contributed by atoms with Gasteiger partial charge in [0.1, 0.15) is 17.6 Å². The number of halogens is 2. The van der Waals surface area contributed by atoms with Gasteiger partial charge in [-0.2, -0.15) is 5.26 Å². The van der Waals surface area contributed by atoms with E-state index >= 15 is 0 Å². The normalized spacial score (nSPS) is 12.1. The fraction of sp³-hybridized carbons (Fsp3) is 0.357. The molecule has 3 rings (SSSR count). The van der Waals surface area contributed by atoms with Crippen molar-refractivity contribution in [1.82, 2.24) is 4.98 Å². The molecular weight excluding hydrogens is 525 g/mol. The zero-order valence-corrected chi connectivity index (χ0v) is 24.8. The summed E-state index contributed by atoms with van der Waals surface area (Å²) in [6.07, 6.45) is 6.43. The molecule has 0 unspecified atom stereocenters. The molecule has 0 saturated heterocycles. The van der Waals surface area contributed by atoms with Crippen molar-refractivity contribution in [2.24, 2.45) is 0 Å². The lowest BCUT2D eigenvalue weighted by Gasteiger charge is -2.36. The first kappa shape index (κ1) is 28.8. The van der Waals surface area contributed by atoms with Gasteiger partial charge in [0.05, 0.1) is 46.7 Å². The Morgan fingerprint density at radius 1 is 1.05 bits per heavy atom. The first-order valence-corrected chi connectivity index (χ1v) is 15.6. The highest BCUT2D eigenvalue weighted by molar-refractivity contribution is 6.74. The standard InChI is InChI=1S/C28H33Cl2N3O3Si/c1-28(2,3)37(6,7)36-11-9-8-10-18-12-23-20(13-25(18)34-4)27(19(16-31)17-32-23)33-24-15-26(35-5)22(30)14-21(24)29/h8,10,12-15,17H,9,11H2,1-7H3,(H,32,33). The number of nitrogens with zero attached hydrogens (tertiary/aromatic N) is 2. The molecular formula is C28H33Cl2N3O3Si. The molecule has 1 heterocycles. The molecule has 0 saturated carbocycles. The largest absolute Gasteiger partial charge is 0.496 e. The highest BCUT2D eigenvalue weighted by atomic mass is 35.5. The molecule has 196 valence electrons. The summed E-state index contributed by atoms with van der Waals surface area (Å²) in [7, 11) is 1.37. The minimum atomic E-state index is -1.78. The fourth-order valence-electron chi connectivity index (χ4n) is 3.49. The number of hydrogen-bond acceptors (Lipinski definition) is 6. The van der Waals surface area contributed by atoms with E-state index in [9.17, 15) is 5.26 Å². The number of nitrogens with one attached hydrogen (secondary N) is 1. The van der Waals surface area contributed by atoms with Crippen LogP contribution in [0.1, 0.15) is 38.3 Å². The average Bonchev–Trinajstić information content (AvgIpc) is 2.84. The summed E-state index contributed by atoms with van der Waals surface area (Å²) >= 11 is 12.6. The van der Waals surface area contributed by atoms with Crippen LogP contribution in [-0.4, -0.2) is 34.1 Å². The molecule has 2 aromatic carbocycles.